The van der Waals surface area contributed by atoms with Gasteiger partial charge in [-0.1, -0.05) is 19.4 Å². The van der Waals surface area contributed by atoms with E-state index in [1.807, 2.05) is 26.1 Å². The largest absolute Gasteiger partial charge is 0.370 e. The molecule has 0 bridgehead atoms. The highest BCUT2D eigenvalue weighted by molar-refractivity contribution is 5.92. The Kier molecular flexibility index (Phi) is 5.46. The number of anilines is 1. The first-order valence-electron chi connectivity index (χ1n) is 6.15. The van der Waals surface area contributed by atoms with Crippen molar-refractivity contribution in [2.24, 2.45) is 0 Å². The number of carbonyl (C=O) groups is 1. The Morgan fingerprint density at radius 3 is 2.82 bits per heavy atom. The molecule has 0 saturated carbocycles. The van der Waals surface area contributed by atoms with Crippen molar-refractivity contribution in [3.8, 4) is 0 Å². The van der Waals surface area contributed by atoms with Crippen molar-refractivity contribution in [1.29, 1.82) is 0 Å². The van der Waals surface area contributed by atoms with Crippen molar-refractivity contribution in [2.45, 2.75) is 26.7 Å². The molecule has 17 heavy (non-hydrogen) atoms. The molecule has 1 aromatic rings. The van der Waals surface area contributed by atoms with E-state index in [0.29, 0.717) is 5.69 Å². The number of carbonyl (C=O) groups excluding carboxylic acids is 1. The van der Waals surface area contributed by atoms with Crippen molar-refractivity contribution >= 4 is 11.7 Å². The van der Waals surface area contributed by atoms with Gasteiger partial charge in [0.2, 0.25) is 0 Å². The number of aromatic nitrogens is 1. The Hall–Kier alpha value is -1.58. The summed E-state index contributed by atoms with van der Waals surface area (Å²) < 4.78 is 0. The van der Waals surface area contributed by atoms with Crippen LogP contribution in [0, 0.1) is 0 Å². The zero-order valence-electron chi connectivity index (χ0n) is 10.9. The lowest BCUT2D eigenvalue weighted by Gasteiger charge is -2.16. The summed E-state index contributed by atoms with van der Waals surface area (Å²) in [4.78, 5) is 18.1. The molecule has 0 fully saturated rings. The maximum atomic E-state index is 12.0. The number of amides is 1. The van der Waals surface area contributed by atoms with E-state index < -0.39 is 0 Å². The van der Waals surface area contributed by atoms with E-state index in [0.717, 1.165) is 31.7 Å². The molecule has 4 heteroatoms. The zero-order chi connectivity index (χ0) is 12.7. The molecular weight excluding hydrogens is 214 g/mol. The maximum Gasteiger partial charge on any atom is 0.272 e. The van der Waals surface area contributed by atoms with Gasteiger partial charge in [0.25, 0.3) is 5.91 Å². The van der Waals surface area contributed by atoms with Crippen molar-refractivity contribution < 1.29 is 4.79 Å². The molecule has 0 radical (unpaired) electrons. The molecule has 1 amide bonds. The minimum absolute atomic E-state index is 0.0156. The van der Waals surface area contributed by atoms with Crippen LogP contribution in [0.15, 0.2) is 18.2 Å². The predicted octanol–water partition coefficient (Wildman–Crippen LogP) is 2.39. The van der Waals surface area contributed by atoms with E-state index in [1.54, 1.807) is 11.0 Å². The Labute approximate surface area is 103 Å². The second-order valence-corrected chi connectivity index (χ2v) is 4.02. The first kappa shape index (κ1) is 13.5. The molecule has 0 aliphatic rings. The number of pyridine rings is 1. The molecule has 1 N–H and O–H groups in total. The second-order valence-electron chi connectivity index (χ2n) is 4.02. The van der Waals surface area contributed by atoms with Crippen LogP contribution in [0.2, 0.25) is 0 Å². The van der Waals surface area contributed by atoms with Gasteiger partial charge < -0.3 is 10.2 Å². The van der Waals surface area contributed by atoms with Gasteiger partial charge >= 0.3 is 0 Å². The van der Waals surface area contributed by atoms with Crippen LogP contribution in [0.3, 0.4) is 0 Å². The molecule has 0 aliphatic heterocycles. The number of nitrogens with zero attached hydrogens (tertiary/aromatic N) is 2. The monoisotopic (exact) mass is 235 g/mol. The van der Waals surface area contributed by atoms with E-state index in [4.69, 9.17) is 0 Å². The Bertz CT molecular complexity index is 365. The highest BCUT2D eigenvalue weighted by Gasteiger charge is 2.12. The minimum atomic E-state index is -0.0156. The Morgan fingerprint density at radius 1 is 1.41 bits per heavy atom. The van der Waals surface area contributed by atoms with Crippen molar-refractivity contribution in [2.75, 3.05) is 25.5 Å². The van der Waals surface area contributed by atoms with Gasteiger partial charge in [0.05, 0.1) is 0 Å². The first-order valence-corrected chi connectivity index (χ1v) is 6.15. The lowest BCUT2D eigenvalue weighted by atomic mass is 10.3. The summed E-state index contributed by atoms with van der Waals surface area (Å²) in [6, 6.07) is 5.48. The molecule has 4 nitrogen and oxygen atoms in total. The quantitative estimate of drug-likeness (QED) is 0.823. The molecule has 0 aliphatic carbocycles. The third kappa shape index (κ3) is 4.06. The summed E-state index contributed by atoms with van der Waals surface area (Å²) in [5.74, 6) is 0.737. The van der Waals surface area contributed by atoms with Gasteiger partial charge in [0, 0.05) is 20.1 Å². The summed E-state index contributed by atoms with van der Waals surface area (Å²) >= 11 is 0. The van der Waals surface area contributed by atoms with E-state index in [2.05, 4.69) is 17.2 Å². The summed E-state index contributed by atoms with van der Waals surface area (Å²) in [6.07, 6.45) is 2.11. The summed E-state index contributed by atoms with van der Waals surface area (Å²) in [7, 11) is 1.82. The summed E-state index contributed by atoms with van der Waals surface area (Å²) in [6.45, 7) is 5.70. The average molecular weight is 235 g/mol. The SMILES string of the molecule is CCCCN(C)C(=O)c1cccc(NCC)n1. The molecule has 1 rings (SSSR count). The van der Waals surface area contributed by atoms with Crippen molar-refractivity contribution in [3.05, 3.63) is 23.9 Å². The van der Waals surface area contributed by atoms with Gasteiger partial charge in [-0.25, -0.2) is 4.98 Å². The Balaban J connectivity index is 2.70. The number of hydrogen-bond donors (Lipinski definition) is 1. The fourth-order valence-electron chi connectivity index (χ4n) is 1.53. The number of unbranched alkanes of at least 4 members (excludes halogenated alkanes) is 1. The molecule has 1 aromatic heterocycles. The number of rotatable bonds is 6. The lowest BCUT2D eigenvalue weighted by Crippen LogP contribution is -2.28. The molecular formula is C13H21N3O. The van der Waals surface area contributed by atoms with Crippen LogP contribution in [0.25, 0.3) is 0 Å². The van der Waals surface area contributed by atoms with Crippen molar-refractivity contribution in [1.82, 2.24) is 9.88 Å². The van der Waals surface area contributed by atoms with Crippen LogP contribution < -0.4 is 5.32 Å². The lowest BCUT2D eigenvalue weighted by molar-refractivity contribution is 0.0787. The predicted molar refractivity (Wildman–Crippen MR) is 70.3 cm³/mol. The summed E-state index contributed by atoms with van der Waals surface area (Å²) in [5, 5.41) is 3.10. The number of hydrogen-bond acceptors (Lipinski definition) is 3. The fourth-order valence-corrected chi connectivity index (χ4v) is 1.53. The molecule has 0 aromatic carbocycles. The summed E-state index contributed by atoms with van der Waals surface area (Å²) in [5.41, 5.74) is 0.502. The maximum absolute atomic E-state index is 12.0. The molecule has 0 atom stereocenters. The average Bonchev–Trinajstić information content (AvgIpc) is 2.35. The highest BCUT2D eigenvalue weighted by Crippen LogP contribution is 2.07. The van der Waals surface area contributed by atoms with Crippen LogP contribution >= 0.6 is 0 Å². The molecule has 0 saturated heterocycles. The van der Waals surface area contributed by atoms with Crippen LogP contribution in [0.1, 0.15) is 37.2 Å². The van der Waals surface area contributed by atoms with E-state index in [1.165, 1.54) is 0 Å². The van der Waals surface area contributed by atoms with Crippen LogP contribution in [0.4, 0.5) is 5.82 Å². The van der Waals surface area contributed by atoms with E-state index in [9.17, 15) is 4.79 Å². The molecule has 94 valence electrons. The van der Waals surface area contributed by atoms with Gasteiger partial charge in [-0.3, -0.25) is 4.79 Å². The zero-order valence-corrected chi connectivity index (χ0v) is 10.9. The third-order valence-electron chi connectivity index (χ3n) is 2.52. The minimum Gasteiger partial charge on any atom is -0.370 e. The highest BCUT2D eigenvalue weighted by atomic mass is 16.2. The van der Waals surface area contributed by atoms with Crippen LogP contribution in [-0.4, -0.2) is 35.9 Å². The van der Waals surface area contributed by atoms with Gasteiger partial charge in [0.15, 0.2) is 0 Å². The molecule has 0 unspecified atom stereocenters. The topological polar surface area (TPSA) is 45.2 Å². The molecule has 0 spiro atoms. The van der Waals surface area contributed by atoms with Crippen LogP contribution in [-0.2, 0) is 0 Å². The van der Waals surface area contributed by atoms with Crippen LogP contribution in [0.5, 0.6) is 0 Å². The first-order chi connectivity index (χ1) is 8.19. The molecule has 1 heterocycles. The second kappa shape index (κ2) is 6.89. The smallest absolute Gasteiger partial charge is 0.272 e. The van der Waals surface area contributed by atoms with Gasteiger partial charge in [0.1, 0.15) is 11.5 Å². The normalized spacial score (nSPS) is 10.1. The van der Waals surface area contributed by atoms with E-state index >= 15 is 0 Å². The Morgan fingerprint density at radius 2 is 2.18 bits per heavy atom. The fraction of sp³-hybridized carbons (Fsp3) is 0.538. The van der Waals surface area contributed by atoms with Gasteiger partial charge in [-0.05, 0) is 25.5 Å². The van der Waals surface area contributed by atoms with Gasteiger partial charge in [-0.2, -0.15) is 0 Å². The van der Waals surface area contributed by atoms with E-state index in [-0.39, 0.29) is 5.91 Å². The number of nitrogens with one attached hydrogen (secondary N) is 1. The van der Waals surface area contributed by atoms with Gasteiger partial charge in [-0.15, -0.1) is 0 Å². The third-order valence-corrected chi connectivity index (χ3v) is 2.52. The van der Waals surface area contributed by atoms with Crippen molar-refractivity contribution in [3.63, 3.8) is 0 Å². The standard InChI is InChI=1S/C13H21N3O/c1-4-6-10-16(3)13(17)11-8-7-9-12(15-11)14-5-2/h7-9H,4-6,10H2,1-3H3,(H,14,15).